The molecule has 0 aliphatic rings. The molecule has 0 aliphatic carbocycles. The van der Waals surface area contributed by atoms with Crippen LogP contribution in [0, 0.1) is 0 Å². The fraction of sp³-hybridized carbons (Fsp3) is 0.364. The van der Waals surface area contributed by atoms with E-state index in [0.29, 0.717) is 25.3 Å². The Hall–Kier alpha value is -1.95. The van der Waals surface area contributed by atoms with Gasteiger partial charge in [0, 0.05) is 13.0 Å². The maximum Gasteiger partial charge on any atom is 0.179 e. The summed E-state index contributed by atoms with van der Waals surface area (Å²) in [5.74, 6) is 1.52. The smallest absolute Gasteiger partial charge is 0.179 e. The van der Waals surface area contributed by atoms with E-state index in [0.717, 1.165) is 11.3 Å². The number of aromatic nitrogens is 4. The van der Waals surface area contributed by atoms with E-state index in [2.05, 4.69) is 15.4 Å². The summed E-state index contributed by atoms with van der Waals surface area (Å²) in [7, 11) is 1.65. The van der Waals surface area contributed by atoms with Gasteiger partial charge in [0.25, 0.3) is 0 Å². The van der Waals surface area contributed by atoms with Gasteiger partial charge in [0.05, 0.1) is 13.7 Å². The molecule has 1 aromatic carbocycles. The lowest BCUT2D eigenvalue weighted by molar-refractivity contribution is 0.414. The van der Waals surface area contributed by atoms with Gasteiger partial charge < -0.3 is 10.5 Å². The predicted octanol–water partition coefficient (Wildman–Crippen LogP) is 0.231. The fourth-order valence-electron chi connectivity index (χ4n) is 1.52. The Balaban J connectivity index is 2.08. The zero-order chi connectivity index (χ0) is 12.1. The van der Waals surface area contributed by atoms with Gasteiger partial charge in [-0.1, -0.05) is 12.1 Å². The molecular weight excluding hydrogens is 218 g/mol. The molecule has 2 N–H and O–H groups in total. The normalized spacial score (nSPS) is 10.5. The number of benzene rings is 1. The average Bonchev–Trinajstić information content (AvgIpc) is 2.77. The highest BCUT2D eigenvalue weighted by molar-refractivity contribution is 5.29. The van der Waals surface area contributed by atoms with Crippen molar-refractivity contribution in [1.82, 2.24) is 20.2 Å². The zero-order valence-electron chi connectivity index (χ0n) is 9.71. The number of nitrogens with zero attached hydrogens (tertiary/aromatic N) is 4. The first-order valence-electron chi connectivity index (χ1n) is 5.41. The molecule has 0 fully saturated rings. The Morgan fingerprint density at radius 1 is 1.41 bits per heavy atom. The lowest BCUT2D eigenvalue weighted by Crippen LogP contribution is -2.12. The van der Waals surface area contributed by atoms with Crippen LogP contribution in [-0.4, -0.2) is 33.9 Å². The molecule has 1 aromatic heterocycles. The second kappa shape index (κ2) is 5.40. The molecule has 6 nitrogen and oxygen atoms in total. The van der Waals surface area contributed by atoms with Gasteiger partial charge in [-0.05, 0) is 22.9 Å². The molecule has 6 heteroatoms. The summed E-state index contributed by atoms with van der Waals surface area (Å²) in [6, 6.07) is 7.82. The monoisotopic (exact) mass is 233 g/mol. The molecular formula is C11H15N5O. The number of hydrogen-bond donors (Lipinski definition) is 1. The van der Waals surface area contributed by atoms with Crippen molar-refractivity contribution in [2.75, 3.05) is 13.7 Å². The summed E-state index contributed by atoms with van der Waals surface area (Å²) in [5, 5.41) is 12.1. The van der Waals surface area contributed by atoms with Crippen LogP contribution in [0.5, 0.6) is 5.75 Å². The lowest BCUT2D eigenvalue weighted by atomic mass is 10.1. The number of tetrazole rings is 1. The molecule has 0 bridgehead atoms. The Morgan fingerprint density at radius 2 is 2.29 bits per heavy atom. The molecule has 2 aromatic rings. The van der Waals surface area contributed by atoms with E-state index >= 15 is 0 Å². The highest BCUT2D eigenvalue weighted by Crippen LogP contribution is 2.14. The minimum atomic E-state index is 0.509. The van der Waals surface area contributed by atoms with Gasteiger partial charge in [0.15, 0.2) is 5.82 Å². The van der Waals surface area contributed by atoms with Crippen molar-refractivity contribution >= 4 is 0 Å². The van der Waals surface area contributed by atoms with Crippen molar-refractivity contribution in [2.45, 2.75) is 13.0 Å². The maximum absolute atomic E-state index is 5.42. The van der Waals surface area contributed by atoms with Crippen LogP contribution in [0.4, 0.5) is 0 Å². The van der Waals surface area contributed by atoms with Crippen molar-refractivity contribution in [2.24, 2.45) is 5.73 Å². The SMILES string of the molecule is COc1cccc(Cc2nnn(CCN)n2)c1. The van der Waals surface area contributed by atoms with Crippen LogP contribution in [0.2, 0.25) is 0 Å². The Morgan fingerprint density at radius 3 is 3.06 bits per heavy atom. The topological polar surface area (TPSA) is 78.9 Å². The largest absolute Gasteiger partial charge is 0.497 e. The van der Waals surface area contributed by atoms with Crippen molar-refractivity contribution in [1.29, 1.82) is 0 Å². The average molecular weight is 233 g/mol. The number of hydrogen-bond acceptors (Lipinski definition) is 5. The van der Waals surface area contributed by atoms with E-state index in [1.54, 1.807) is 7.11 Å². The van der Waals surface area contributed by atoms with Crippen molar-refractivity contribution in [3.05, 3.63) is 35.7 Å². The van der Waals surface area contributed by atoms with Crippen LogP contribution < -0.4 is 10.5 Å². The maximum atomic E-state index is 5.42. The zero-order valence-corrected chi connectivity index (χ0v) is 9.71. The van der Waals surface area contributed by atoms with Gasteiger partial charge in [-0.25, -0.2) is 0 Å². The summed E-state index contributed by atoms with van der Waals surface area (Å²) >= 11 is 0. The number of rotatable bonds is 5. The van der Waals surface area contributed by atoms with E-state index in [-0.39, 0.29) is 0 Å². The van der Waals surface area contributed by atoms with Crippen molar-refractivity contribution in [3.63, 3.8) is 0 Å². The standard InChI is InChI=1S/C11H15N5O/c1-17-10-4-2-3-9(7-10)8-11-13-15-16(14-11)6-5-12/h2-4,7H,5-6,8,12H2,1H3. The van der Waals surface area contributed by atoms with E-state index < -0.39 is 0 Å². The third-order valence-electron chi connectivity index (χ3n) is 2.32. The van der Waals surface area contributed by atoms with Gasteiger partial charge >= 0.3 is 0 Å². The second-order valence-electron chi connectivity index (χ2n) is 3.62. The molecule has 0 saturated heterocycles. The number of methoxy groups -OCH3 is 1. The third-order valence-corrected chi connectivity index (χ3v) is 2.32. The first kappa shape index (κ1) is 11.5. The lowest BCUT2D eigenvalue weighted by Gasteiger charge is -2.01. The van der Waals surface area contributed by atoms with Gasteiger partial charge in [0.1, 0.15) is 5.75 Å². The summed E-state index contributed by atoms with van der Waals surface area (Å²) in [6.45, 7) is 1.10. The Bertz CT molecular complexity index is 482. The molecule has 0 saturated carbocycles. The van der Waals surface area contributed by atoms with Crippen LogP contribution in [0.25, 0.3) is 0 Å². The highest BCUT2D eigenvalue weighted by atomic mass is 16.5. The van der Waals surface area contributed by atoms with Gasteiger partial charge in [-0.2, -0.15) is 4.80 Å². The van der Waals surface area contributed by atoms with Gasteiger partial charge in [-0.15, -0.1) is 10.2 Å². The highest BCUT2D eigenvalue weighted by Gasteiger charge is 2.04. The van der Waals surface area contributed by atoms with E-state index in [4.69, 9.17) is 10.5 Å². The molecule has 0 unspecified atom stereocenters. The van der Waals surface area contributed by atoms with Crippen LogP contribution in [0.15, 0.2) is 24.3 Å². The summed E-state index contributed by atoms with van der Waals surface area (Å²) in [5.41, 5.74) is 6.51. The first-order valence-corrected chi connectivity index (χ1v) is 5.41. The van der Waals surface area contributed by atoms with Crippen LogP contribution in [0.3, 0.4) is 0 Å². The minimum Gasteiger partial charge on any atom is -0.497 e. The predicted molar refractivity (Wildman–Crippen MR) is 62.7 cm³/mol. The van der Waals surface area contributed by atoms with Gasteiger partial charge in [0.2, 0.25) is 0 Å². The molecule has 1 heterocycles. The summed E-state index contributed by atoms with van der Waals surface area (Å²) in [6.07, 6.45) is 0.641. The van der Waals surface area contributed by atoms with Crippen molar-refractivity contribution in [3.8, 4) is 5.75 Å². The molecule has 17 heavy (non-hydrogen) atoms. The minimum absolute atomic E-state index is 0.509. The van der Waals surface area contributed by atoms with Crippen molar-refractivity contribution < 1.29 is 4.74 Å². The Kier molecular flexibility index (Phi) is 3.66. The first-order chi connectivity index (χ1) is 8.31. The fourth-order valence-corrected chi connectivity index (χ4v) is 1.52. The van der Waals surface area contributed by atoms with E-state index in [1.165, 1.54) is 4.80 Å². The molecule has 0 spiro atoms. The molecule has 2 rings (SSSR count). The van der Waals surface area contributed by atoms with Crippen LogP contribution in [-0.2, 0) is 13.0 Å². The summed E-state index contributed by atoms with van der Waals surface area (Å²) < 4.78 is 5.16. The molecule has 90 valence electrons. The second-order valence-corrected chi connectivity index (χ2v) is 3.62. The molecule has 0 aliphatic heterocycles. The third kappa shape index (κ3) is 3.01. The van der Waals surface area contributed by atoms with E-state index in [1.807, 2.05) is 24.3 Å². The number of ether oxygens (including phenoxy) is 1. The molecule has 0 atom stereocenters. The number of nitrogens with two attached hydrogens (primary N) is 1. The van der Waals surface area contributed by atoms with Crippen LogP contribution in [0.1, 0.15) is 11.4 Å². The summed E-state index contributed by atoms with van der Waals surface area (Å²) in [4.78, 5) is 1.51. The Labute approximate surface area is 99.4 Å². The van der Waals surface area contributed by atoms with Gasteiger partial charge in [-0.3, -0.25) is 0 Å². The quantitative estimate of drug-likeness (QED) is 0.799. The van der Waals surface area contributed by atoms with Crippen LogP contribution >= 0.6 is 0 Å². The van der Waals surface area contributed by atoms with E-state index in [9.17, 15) is 0 Å². The molecule has 0 radical (unpaired) electrons. The molecule has 0 amide bonds.